The smallest absolute Gasteiger partial charge is 0.131 e. The zero-order valence-corrected chi connectivity index (χ0v) is 10.3. The number of benzene rings is 1. The highest BCUT2D eigenvalue weighted by molar-refractivity contribution is 7.11. The molecule has 0 radical (unpaired) electrons. The van der Waals surface area contributed by atoms with Crippen molar-refractivity contribution in [2.75, 3.05) is 0 Å². The highest BCUT2D eigenvalue weighted by Crippen LogP contribution is 2.14. The third-order valence-corrected chi connectivity index (χ3v) is 3.48. The van der Waals surface area contributed by atoms with Crippen molar-refractivity contribution in [3.8, 4) is 0 Å². The third kappa shape index (κ3) is 3.01. The summed E-state index contributed by atoms with van der Waals surface area (Å²) in [5, 5.41) is 10.8. The predicted octanol–water partition coefficient (Wildman–Crippen LogP) is 2.44. The molecule has 2 N–H and O–H groups in total. The first-order chi connectivity index (χ1) is 7.78. The van der Waals surface area contributed by atoms with Gasteiger partial charge in [-0.25, -0.2) is 0 Å². The van der Waals surface area contributed by atoms with Gasteiger partial charge in [-0.15, -0.1) is 21.5 Å². The lowest BCUT2D eigenvalue weighted by atomic mass is 10.1. The first-order valence-electron chi connectivity index (χ1n) is 5.03. The van der Waals surface area contributed by atoms with E-state index in [1.165, 1.54) is 5.56 Å². The molecule has 0 aliphatic carbocycles. The molecule has 0 saturated heterocycles. The van der Waals surface area contributed by atoms with E-state index >= 15 is 0 Å². The minimum absolute atomic E-state index is 0.471. The van der Waals surface area contributed by atoms with Gasteiger partial charge in [0.15, 0.2) is 0 Å². The van der Waals surface area contributed by atoms with E-state index in [1.807, 2.05) is 24.3 Å². The SMILES string of the molecule is NCc1nnc(CCc2ccc(Cl)cc2)s1. The number of halogens is 1. The number of hydrogen-bond acceptors (Lipinski definition) is 4. The van der Waals surface area contributed by atoms with Crippen LogP contribution in [0.15, 0.2) is 24.3 Å². The predicted molar refractivity (Wildman–Crippen MR) is 66.7 cm³/mol. The summed E-state index contributed by atoms with van der Waals surface area (Å²) < 4.78 is 0. The van der Waals surface area contributed by atoms with Crippen molar-refractivity contribution in [3.05, 3.63) is 44.9 Å². The fraction of sp³-hybridized carbons (Fsp3) is 0.273. The fourth-order valence-electron chi connectivity index (χ4n) is 1.37. The van der Waals surface area contributed by atoms with Crippen LogP contribution in [0.3, 0.4) is 0 Å². The average Bonchev–Trinajstić information content (AvgIpc) is 2.76. The van der Waals surface area contributed by atoms with Crippen LogP contribution in [0.5, 0.6) is 0 Å². The summed E-state index contributed by atoms with van der Waals surface area (Å²) >= 11 is 7.40. The summed E-state index contributed by atoms with van der Waals surface area (Å²) in [6, 6.07) is 7.88. The lowest BCUT2D eigenvalue weighted by molar-refractivity contribution is 0.882. The van der Waals surface area contributed by atoms with E-state index in [9.17, 15) is 0 Å². The maximum absolute atomic E-state index is 5.82. The second kappa shape index (κ2) is 5.39. The van der Waals surface area contributed by atoms with Crippen LogP contribution in [-0.2, 0) is 19.4 Å². The van der Waals surface area contributed by atoms with Gasteiger partial charge in [-0.05, 0) is 24.1 Å². The maximum atomic E-state index is 5.82. The van der Waals surface area contributed by atoms with Gasteiger partial charge in [0, 0.05) is 18.0 Å². The van der Waals surface area contributed by atoms with Crippen LogP contribution in [-0.4, -0.2) is 10.2 Å². The topological polar surface area (TPSA) is 51.8 Å². The Morgan fingerprint density at radius 2 is 1.75 bits per heavy atom. The van der Waals surface area contributed by atoms with Crippen molar-refractivity contribution >= 4 is 22.9 Å². The molecule has 2 aromatic rings. The third-order valence-electron chi connectivity index (χ3n) is 2.22. The number of aryl methyl sites for hydroxylation is 2. The van der Waals surface area contributed by atoms with Crippen molar-refractivity contribution < 1.29 is 0 Å². The minimum Gasteiger partial charge on any atom is -0.324 e. The van der Waals surface area contributed by atoms with Crippen LogP contribution in [0.2, 0.25) is 5.02 Å². The summed E-state index contributed by atoms with van der Waals surface area (Å²) in [7, 11) is 0. The van der Waals surface area contributed by atoms with Crippen LogP contribution in [0.1, 0.15) is 15.6 Å². The molecule has 0 unspecified atom stereocenters. The Balaban J connectivity index is 1.94. The van der Waals surface area contributed by atoms with Crippen molar-refractivity contribution in [3.63, 3.8) is 0 Å². The zero-order valence-electron chi connectivity index (χ0n) is 8.69. The van der Waals surface area contributed by atoms with Crippen molar-refractivity contribution in [1.82, 2.24) is 10.2 Å². The molecular weight excluding hydrogens is 242 g/mol. The molecule has 0 aliphatic heterocycles. The molecule has 1 aromatic carbocycles. The van der Waals surface area contributed by atoms with Gasteiger partial charge < -0.3 is 5.73 Å². The van der Waals surface area contributed by atoms with Crippen molar-refractivity contribution in [2.45, 2.75) is 19.4 Å². The van der Waals surface area contributed by atoms with E-state index in [4.69, 9.17) is 17.3 Å². The van der Waals surface area contributed by atoms with Crippen LogP contribution in [0.25, 0.3) is 0 Å². The maximum Gasteiger partial charge on any atom is 0.131 e. The molecule has 2 rings (SSSR count). The monoisotopic (exact) mass is 253 g/mol. The van der Waals surface area contributed by atoms with Gasteiger partial charge in [0.2, 0.25) is 0 Å². The largest absolute Gasteiger partial charge is 0.324 e. The van der Waals surface area contributed by atoms with E-state index in [2.05, 4.69) is 10.2 Å². The molecule has 1 heterocycles. The molecule has 0 amide bonds. The molecule has 84 valence electrons. The van der Waals surface area contributed by atoms with E-state index in [1.54, 1.807) is 11.3 Å². The molecule has 0 atom stereocenters. The number of nitrogens with two attached hydrogens (primary N) is 1. The summed E-state index contributed by atoms with van der Waals surface area (Å²) in [4.78, 5) is 0. The molecule has 3 nitrogen and oxygen atoms in total. The van der Waals surface area contributed by atoms with Gasteiger partial charge in [0.05, 0.1) is 0 Å². The molecule has 0 saturated carbocycles. The highest BCUT2D eigenvalue weighted by atomic mass is 35.5. The van der Waals surface area contributed by atoms with E-state index in [0.29, 0.717) is 6.54 Å². The number of rotatable bonds is 4. The summed E-state index contributed by atoms with van der Waals surface area (Å²) in [5.74, 6) is 0. The van der Waals surface area contributed by atoms with Crippen molar-refractivity contribution in [1.29, 1.82) is 0 Å². The molecule has 5 heteroatoms. The lowest BCUT2D eigenvalue weighted by Crippen LogP contribution is -1.94. The number of aromatic nitrogens is 2. The standard InChI is InChI=1S/C11H12ClN3S/c12-9-4-1-8(2-5-9)3-6-10-14-15-11(7-13)16-10/h1-2,4-5H,3,6-7,13H2. The Morgan fingerprint density at radius 3 is 2.38 bits per heavy atom. The summed E-state index contributed by atoms with van der Waals surface area (Å²) in [6.45, 7) is 0.471. The number of hydrogen-bond donors (Lipinski definition) is 1. The van der Waals surface area contributed by atoms with Crippen LogP contribution in [0.4, 0.5) is 0 Å². The van der Waals surface area contributed by atoms with Gasteiger partial charge in [-0.3, -0.25) is 0 Å². The van der Waals surface area contributed by atoms with E-state index in [0.717, 1.165) is 27.9 Å². The van der Waals surface area contributed by atoms with Crippen molar-refractivity contribution in [2.24, 2.45) is 5.73 Å². The van der Waals surface area contributed by atoms with Crippen LogP contribution in [0, 0.1) is 0 Å². The van der Waals surface area contributed by atoms with E-state index < -0.39 is 0 Å². The Labute approximate surface area is 103 Å². The molecule has 1 aromatic heterocycles. The molecular formula is C11H12ClN3S. The quantitative estimate of drug-likeness (QED) is 0.911. The Kier molecular flexibility index (Phi) is 3.88. The lowest BCUT2D eigenvalue weighted by Gasteiger charge is -1.98. The van der Waals surface area contributed by atoms with Gasteiger partial charge in [-0.1, -0.05) is 23.7 Å². The summed E-state index contributed by atoms with van der Waals surface area (Å²) in [5.41, 5.74) is 6.74. The second-order valence-corrected chi connectivity index (χ2v) is 5.00. The zero-order chi connectivity index (χ0) is 11.4. The molecule has 0 spiro atoms. The molecule has 16 heavy (non-hydrogen) atoms. The Bertz CT molecular complexity index is 453. The molecule has 0 bridgehead atoms. The summed E-state index contributed by atoms with van der Waals surface area (Å²) in [6.07, 6.45) is 1.86. The van der Waals surface area contributed by atoms with Gasteiger partial charge >= 0.3 is 0 Å². The molecule has 0 aliphatic rings. The van der Waals surface area contributed by atoms with Gasteiger partial charge in [-0.2, -0.15) is 0 Å². The normalized spacial score (nSPS) is 10.6. The van der Waals surface area contributed by atoms with Crippen LogP contribution < -0.4 is 5.73 Å². The Hall–Kier alpha value is -0.970. The highest BCUT2D eigenvalue weighted by Gasteiger charge is 2.02. The van der Waals surface area contributed by atoms with Crippen LogP contribution >= 0.6 is 22.9 Å². The first-order valence-corrected chi connectivity index (χ1v) is 6.23. The van der Waals surface area contributed by atoms with Gasteiger partial charge in [0.1, 0.15) is 10.0 Å². The molecule has 0 fully saturated rings. The average molecular weight is 254 g/mol. The first kappa shape index (κ1) is 11.5. The fourth-order valence-corrected chi connectivity index (χ4v) is 2.22. The number of nitrogens with zero attached hydrogens (tertiary/aromatic N) is 2. The minimum atomic E-state index is 0.471. The van der Waals surface area contributed by atoms with E-state index in [-0.39, 0.29) is 0 Å². The Morgan fingerprint density at radius 1 is 1.06 bits per heavy atom. The second-order valence-electron chi connectivity index (χ2n) is 3.42. The van der Waals surface area contributed by atoms with Gasteiger partial charge in [0.25, 0.3) is 0 Å².